The van der Waals surface area contributed by atoms with Gasteiger partial charge in [-0.05, 0) is 253 Å². The van der Waals surface area contributed by atoms with Crippen LogP contribution in [0, 0.1) is 105 Å². The average Bonchev–Trinajstić information content (AvgIpc) is 4.13. The maximum atomic E-state index is 12.7. The highest BCUT2D eigenvalue weighted by molar-refractivity contribution is 5.77. The summed E-state index contributed by atoms with van der Waals surface area (Å²) in [5, 5.41) is 9.85. The van der Waals surface area contributed by atoms with Crippen LogP contribution in [-0.2, 0) is 28.6 Å². The Balaban J connectivity index is 0.000000122. The summed E-state index contributed by atoms with van der Waals surface area (Å²) in [5.74, 6) is 12.1. The van der Waals surface area contributed by atoms with Gasteiger partial charge in [-0.3, -0.25) is 14.4 Å². The Labute approximate surface area is 389 Å². The highest BCUT2D eigenvalue weighted by atomic mass is 16.6. The summed E-state index contributed by atoms with van der Waals surface area (Å²) in [5.41, 5.74) is -1.54. The lowest BCUT2D eigenvalue weighted by Crippen LogP contribution is -2.59. The van der Waals surface area contributed by atoms with E-state index in [1.165, 1.54) is 57.8 Å². The highest BCUT2D eigenvalue weighted by Crippen LogP contribution is 2.72. The minimum atomic E-state index is -0.393. The van der Waals surface area contributed by atoms with Crippen molar-refractivity contribution in [1.29, 1.82) is 0 Å². The molecule has 12 aliphatic carbocycles. The molecule has 12 aliphatic rings. The third-order valence-electron chi connectivity index (χ3n) is 22.7. The van der Waals surface area contributed by atoms with Crippen LogP contribution in [0.2, 0.25) is 0 Å². The van der Waals surface area contributed by atoms with E-state index in [2.05, 4.69) is 27.7 Å². The van der Waals surface area contributed by atoms with E-state index in [4.69, 9.17) is 14.2 Å². The van der Waals surface area contributed by atoms with Gasteiger partial charge in [-0.1, -0.05) is 34.6 Å². The fourth-order valence-electron chi connectivity index (χ4n) is 18.7. The van der Waals surface area contributed by atoms with Crippen LogP contribution in [0.3, 0.4) is 0 Å². The molecule has 0 saturated heterocycles. The number of carbonyl (C=O) groups excluding carboxylic acids is 3. The van der Waals surface area contributed by atoms with E-state index in [0.717, 1.165) is 136 Å². The van der Waals surface area contributed by atoms with Gasteiger partial charge in [0.1, 0.15) is 16.8 Å². The number of hydrogen-bond donors (Lipinski definition) is 1. The van der Waals surface area contributed by atoms with Crippen molar-refractivity contribution in [2.45, 2.75) is 228 Å². The second-order valence-corrected chi connectivity index (χ2v) is 27.1. The molecule has 12 rings (SSSR count). The Morgan fingerprint density at radius 2 is 0.859 bits per heavy atom. The molecular formula is C57H92O7. The van der Waals surface area contributed by atoms with Gasteiger partial charge >= 0.3 is 17.9 Å². The molecule has 16 unspecified atom stereocenters. The van der Waals surface area contributed by atoms with Crippen LogP contribution in [-0.4, -0.2) is 46.4 Å². The normalized spacial score (nSPS) is 46.9. The van der Waals surface area contributed by atoms with Gasteiger partial charge < -0.3 is 19.3 Å². The highest BCUT2D eigenvalue weighted by Gasteiger charge is 2.69. The van der Waals surface area contributed by atoms with E-state index in [1.54, 1.807) is 0 Å². The Morgan fingerprint density at radius 3 is 1.22 bits per heavy atom. The lowest BCUT2D eigenvalue weighted by molar-refractivity contribution is -0.214. The lowest BCUT2D eigenvalue weighted by Gasteiger charge is -2.61. The SMILES string of the molecule is CCC(C)(C)C(=O)OC1(CC)CC2CC1C1C3CCC(C3)C21.CCC(C)(C)C(=O)OC1(CC)CC2CC1C1C3CCC(C3)C21.CCC(C)(C)C(=O)OC12CC3CC(CC(CO)(C3)C1)C2. The minimum absolute atomic E-state index is 0.0424. The third kappa shape index (κ3) is 7.60. The van der Waals surface area contributed by atoms with Crippen LogP contribution in [0.1, 0.15) is 211 Å². The van der Waals surface area contributed by atoms with E-state index in [9.17, 15) is 19.5 Å². The summed E-state index contributed by atoms with van der Waals surface area (Å²) in [7, 11) is 0. The molecule has 0 aromatic rings. The van der Waals surface area contributed by atoms with E-state index < -0.39 is 5.41 Å². The van der Waals surface area contributed by atoms with Crippen molar-refractivity contribution >= 4 is 17.9 Å². The predicted octanol–water partition coefficient (Wildman–Crippen LogP) is 12.9. The van der Waals surface area contributed by atoms with Gasteiger partial charge in [-0.2, -0.15) is 0 Å². The smallest absolute Gasteiger partial charge is 0.312 e. The summed E-state index contributed by atoms with van der Waals surface area (Å²) in [6.45, 7) is 23.0. The van der Waals surface area contributed by atoms with Crippen molar-refractivity contribution < 1.29 is 33.7 Å². The largest absolute Gasteiger partial charge is 0.459 e. The first-order valence-electron chi connectivity index (χ1n) is 27.5. The van der Waals surface area contributed by atoms with Gasteiger partial charge in [0.05, 0.1) is 16.2 Å². The first-order chi connectivity index (χ1) is 30.2. The quantitative estimate of drug-likeness (QED) is 0.118. The number of ether oxygens (including phenoxy) is 3. The van der Waals surface area contributed by atoms with Gasteiger partial charge in [-0.25, -0.2) is 0 Å². The van der Waals surface area contributed by atoms with Crippen LogP contribution in [0.15, 0.2) is 0 Å². The first-order valence-corrected chi connectivity index (χ1v) is 27.5. The first kappa shape index (κ1) is 47.4. The monoisotopic (exact) mass is 889 g/mol. The average molecular weight is 889 g/mol. The fourth-order valence-corrected chi connectivity index (χ4v) is 18.7. The van der Waals surface area contributed by atoms with Gasteiger partial charge in [0.25, 0.3) is 0 Å². The van der Waals surface area contributed by atoms with Gasteiger partial charge in [0.15, 0.2) is 0 Å². The molecule has 0 aliphatic heterocycles. The Morgan fingerprint density at radius 1 is 0.484 bits per heavy atom. The Kier molecular flexibility index (Phi) is 12.2. The molecule has 7 nitrogen and oxygen atoms in total. The third-order valence-corrected chi connectivity index (χ3v) is 22.7. The van der Waals surface area contributed by atoms with Crippen molar-refractivity contribution in [2.75, 3.05) is 6.61 Å². The molecule has 0 radical (unpaired) electrons. The topological polar surface area (TPSA) is 99.1 Å². The molecule has 0 spiro atoms. The van der Waals surface area contributed by atoms with E-state index >= 15 is 0 Å². The molecule has 0 amide bonds. The molecule has 12 saturated carbocycles. The standard InChI is InChI=1S/2C20H32O2.C17H28O3/c2*1-5-19(3,4)18(21)22-20(6-2)11-14-10-15(20)17-13-8-7-12(9-13)16(14)17;1-4-15(2,3)14(19)20-17-8-12-5-13(9-17)7-16(6-12,10-17)11-18/h2*12-17H,5-11H2,1-4H3;12-13,18H,4-11H2,1-3H3. The molecule has 64 heavy (non-hydrogen) atoms. The number of esters is 3. The number of aliphatic hydroxyl groups excluding tert-OH is 1. The van der Waals surface area contributed by atoms with Crippen molar-refractivity contribution in [3.63, 3.8) is 0 Å². The predicted molar refractivity (Wildman–Crippen MR) is 252 cm³/mol. The molecular weight excluding hydrogens is 797 g/mol. The maximum Gasteiger partial charge on any atom is 0.312 e. The molecule has 0 aromatic carbocycles. The summed E-state index contributed by atoms with van der Waals surface area (Å²) >= 11 is 0. The zero-order valence-electron chi connectivity index (χ0n) is 42.5. The number of aliphatic hydroxyl groups is 1. The van der Waals surface area contributed by atoms with Crippen LogP contribution >= 0.6 is 0 Å². The van der Waals surface area contributed by atoms with Gasteiger partial charge in [-0.15, -0.1) is 0 Å². The Hall–Kier alpha value is -1.63. The van der Waals surface area contributed by atoms with E-state index in [-0.39, 0.29) is 57.6 Å². The van der Waals surface area contributed by atoms with Crippen molar-refractivity contribution in [3.05, 3.63) is 0 Å². The van der Waals surface area contributed by atoms with Crippen molar-refractivity contribution in [1.82, 2.24) is 0 Å². The summed E-state index contributed by atoms with van der Waals surface area (Å²) in [4.78, 5) is 37.9. The number of hydrogen-bond acceptors (Lipinski definition) is 7. The molecule has 0 heterocycles. The van der Waals surface area contributed by atoms with Crippen LogP contribution in [0.5, 0.6) is 0 Å². The molecule has 1 N–H and O–H groups in total. The zero-order valence-corrected chi connectivity index (χ0v) is 42.5. The molecule has 7 heteroatoms. The van der Waals surface area contributed by atoms with Gasteiger partial charge in [0, 0.05) is 18.4 Å². The second kappa shape index (κ2) is 16.5. The Bertz CT molecular complexity index is 1680. The lowest BCUT2D eigenvalue weighted by atomic mass is 9.48. The minimum Gasteiger partial charge on any atom is -0.459 e. The van der Waals surface area contributed by atoms with E-state index in [1.807, 2.05) is 48.5 Å². The summed E-state index contributed by atoms with van der Waals surface area (Å²) in [6, 6.07) is 0. The molecule has 16 atom stereocenters. The molecule has 0 aromatic heterocycles. The number of rotatable bonds is 12. The molecule has 12 fully saturated rings. The second-order valence-electron chi connectivity index (χ2n) is 27.1. The molecule has 12 bridgehead atoms. The zero-order chi connectivity index (χ0) is 46.0. The summed E-state index contributed by atoms with van der Waals surface area (Å²) < 4.78 is 18.7. The maximum absolute atomic E-state index is 12.7. The van der Waals surface area contributed by atoms with Crippen LogP contribution in [0.25, 0.3) is 0 Å². The fraction of sp³-hybridized carbons (Fsp3) is 0.947. The number of fused-ring (bicyclic) bond motifs is 18. The van der Waals surface area contributed by atoms with Gasteiger partial charge in [0.2, 0.25) is 0 Å². The van der Waals surface area contributed by atoms with E-state index in [0.29, 0.717) is 23.7 Å². The van der Waals surface area contributed by atoms with Crippen LogP contribution in [0.4, 0.5) is 0 Å². The molecule has 362 valence electrons. The van der Waals surface area contributed by atoms with Crippen molar-refractivity contribution in [2.24, 2.45) is 105 Å². The summed E-state index contributed by atoms with van der Waals surface area (Å²) in [6.07, 6.45) is 24.9. The van der Waals surface area contributed by atoms with Crippen LogP contribution < -0.4 is 0 Å². The number of carbonyl (C=O) groups is 3. The van der Waals surface area contributed by atoms with Crippen molar-refractivity contribution in [3.8, 4) is 0 Å².